The molecule has 0 atom stereocenters. The van der Waals surface area contributed by atoms with Crippen LogP contribution in [0.3, 0.4) is 0 Å². The van der Waals surface area contributed by atoms with Crippen molar-refractivity contribution in [1.82, 2.24) is 15.1 Å². The van der Waals surface area contributed by atoms with E-state index in [4.69, 9.17) is 16.3 Å². The van der Waals surface area contributed by atoms with Crippen LogP contribution in [-0.4, -0.2) is 33.9 Å². The molecule has 1 aromatic heterocycles. The van der Waals surface area contributed by atoms with Gasteiger partial charge in [0.25, 0.3) is 5.91 Å². The molecule has 0 bridgehead atoms. The van der Waals surface area contributed by atoms with Crippen LogP contribution in [0.15, 0.2) is 48.6 Å². The zero-order valence-electron chi connectivity index (χ0n) is 15.8. The first kappa shape index (κ1) is 21.4. The van der Waals surface area contributed by atoms with Crippen molar-refractivity contribution in [1.29, 1.82) is 0 Å². The van der Waals surface area contributed by atoms with Crippen LogP contribution in [0.2, 0.25) is 5.02 Å². The third-order valence-corrected chi connectivity index (χ3v) is 3.63. The van der Waals surface area contributed by atoms with E-state index in [0.29, 0.717) is 22.6 Å². The van der Waals surface area contributed by atoms with E-state index in [-0.39, 0.29) is 24.6 Å². The molecule has 2 rings (SSSR count). The first-order chi connectivity index (χ1) is 13.2. The van der Waals surface area contributed by atoms with Gasteiger partial charge in [-0.05, 0) is 50.6 Å². The molecule has 9 heteroatoms. The number of amides is 2. The molecule has 28 heavy (non-hydrogen) atoms. The quantitative estimate of drug-likeness (QED) is 0.751. The number of hydrogen-bond donors (Lipinski definition) is 2. The molecule has 0 saturated carbocycles. The minimum atomic E-state index is -0.643. The Balaban J connectivity index is 1.90. The second-order valence-electron chi connectivity index (χ2n) is 7.01. The fraction of sp³-hybridized carbons (Fsp3) is 0.316. The Morgan fingerprint density at radius 2 is 1.96 bits per heavy atom. The molecule has 0 spiro atoms. The van der Waals surface area contributed by atoms with Crippen LogP contribution < -0.4 is 10.6 Å². The molecule has 0 saturated heterocycles. The topological polar surface area (TPSA) is 85.2 Å². The van der Waals surface area contributed by atoms with Crippen LogP contribution >= 0.6 is 11.6 Å². The van der Waals surface area contributed by atoms with Crippen molar-refractivity contribution in [3.8, 4) is 0 Å². The minimum Gasteiger partial charge on any atom is -0.444 e. The number of halogens is 2. The predicted octanol–water partition coefficient (Wildman–Crippen LogP) is 4.17. The van der Waals surface area contributed by atoms with Crippen molar-refractivity contribution in [2.24, 2.45) is 0 Å². The fourth-order valence-corrected chi connectivity index (χ4v) is 2.27. The summed E-state index contributed by atoms with van der Waals surface area (Å²) in [5.41, 5.74) is 0.526. The van der Waals surface area contributed by atoms with Gasteiger partial charge in [0.2, 0.25) is 0 Å². The molecule has 150 valence electrons. The van der Waals surface area contributed by atoms with Crippen LogP contribution in [0.5, 0.6) is 0 Å². The van der Waals surface area contributed by atoms with E-state index in [0.717, 1.165) is 0 Å². The highest BCUT2D eigenvalue weighted by atomic mass is 35.5. The largest absolute Gasteiger partial charge is 0.444 e. The second kappa shape index (κ2) is 9.36. The van der Waals surface area contributed by atoms with Crippen LogP contribution in [0.25, 0.3) is 0 Å². The average molecular weight is 409 g/mol. The Morgan fingerprint density at radius 3 is 2.57 bits per heavy atom. The number of alkyl carbamates (subject to hydrolysis) is 1. The van der Waals surface area contributed by atoms with Crippen molar-refractivity contribution in [2.45, 2.75) is 32.9 Å². The minimum absolute atomic E-state index is 0.0441. The molecule has 2 amide bonds. The van der Waals surface area contributed by atoms with Gasteiger partial charge in [-0.3, -0.25) is 9.48 Å². The van der Waals surface area contributed by atoms with Crippen molar-refractivity contribution in [2.75, 3.05) is 11.9 Å². The maximum absolute atomic E-state index is 13.1. The summed E-state index contributed by atoms with van der Waals surface area (Å²) in [4.78, 5) is 23.9. The molecule has 0 aliphatic rings. The molecule has 1 aromatic carbocycles. The monoisotopic (exact) mass is 408 g/mol. The maximum Gasteiger partial charge on any atom is 0.407 e. The summed E-state index contributed by atoms with van der Waals surface area (Å²) in [5.74, 6) is -0.355. The van der Waals surface area contributed by atoms with E-state index >= 15 is 0 Å². The molecule has 7 nitrogen and oxygen atoms in total. The van der Waals surface area contributed by atoms with Crippen molar-refractivity contribution >= 4 is 29.3 Å². The smallest absolute Gasteiger partial charge is 0.407 e. The van der Waals surface area contributed by atoms with Crippen LogP contribution in [0.4, 0.5) is 14.9 Å². The molecule has 1 heterocycles. The lowest BCUT2D eigenvalue weighted by Gasteiger charge is -2.20. The molecular formula is C19H22ClFN4O3. The van der Waals surface area contributed by atoms with Gasteiger partial charge >= 0.3 is 6.09 Å². The number of hydrogen-bond acceptors (Lipinski definition) is 4. The molecule has 0 radical (unpaired) electrons. The van der Waals surface area contributed by atoms with Gasteiger partial charge in [0, 0.05) is 23.5 Å². The number of ether oxygens (including phenoxy) is 1. The number of benzene rings is 1. The van der Waals surface area contributed by atoms with Gasteiger partial charge in [0.1, 0.15) is 5.60 Å². The highest BCUT2D eigenvalue weighted by molar-refractivity contribution is 6.30. The predicted molar refractivity (Wildman–Crippen MR) is 105 cm³/mol. The van der Waals surface area contributed by atoms with Crippen LogP contribution in [0, 0.1) is 0 Å². The molecule has 0 unspecified atom stereocenters. The molecule has 0 aliphatic heterocycles. The highest BCUT2D eigenvalue weighted by Gasteiger charge is 2.16. The van der Waals surface area contributed by atoms with Gasteiger partial charge in [-0.15, -0.1) is 0 Å². The van der Waals surface area contributed by atoms with E-state index in [1.54, 1.807) is 45.0 Å². The van der Waals surface area contributed by atoms with Gasteiger partial charge in [-0.25, -0.2) is 9.18 Å². The van der Waals surface area contributed by atoms with Gasteiger partial charge in [-0.1, -0.05) is 11.6 Å². The standard InChI is InChI=1S/C19H22ClFN4O3/c1-19(2,3)28-18(27)22-9-13(8-21)11-25-12-14(10-23-25)17(26)24-16-6-4-15(20)5-7-16/h4-8,10,12H,9,11H2,1-3H3,(H,22,27)(H,24,26). The molecule has 2 N–H and O–H groups in total. The first-order valence-corrected chi connectivity index (χ1v) is 8.88. The van der Waals surface area contributed by atoms with Gasteiger partial charge < -0.3 is 15.4 Å². The van der Waals surface area contributed by atoms with Crippen molar-refractivity contribution < 1.29 is 18.7 Å². The molecule has 0 fully saturated rings. The average Bonchev–Trinajstić information content (AvgIpc) is 3.07. The summed E-state index contributed by atoms with van der Waals surface area (Å²) in [6, 6.07) is 6.68. The number of anilines is 1. The van der Waals surface area contributed by atoms with E-state index < -0.39 is 11.7 Å². The van der Waals surface area contributed by atoms with E-state index in [1.807, 2.05) is 0 Å². The Labute approximate surface area is 167 Å². The van der Waals surface area contributed by atoms with E-state index in [9.17, 15) is 14.0 Å². The van der Waals surface area contributed by atoms with Gasteiger partial charge in [0.15, 0.2) is 0 Å². The van der Waals surface area contributed by atoms with E-state index in [1.165, 1.54) is 17.1 Å². The number of aromatic nitrogens is 2. The Kier molecular flexibility index (Phi) is 7.17. The fourth-order valence-electron chi connectivity index (χ4n) is 2.14. The summed E-state index contributed by atoms with van der Waals surface area (Å²) < 4.78 is 19.6. The maximum atomic E-state index is 13.1. The number of carbonyl (C=O) groups excluding carboxylic acids is 2. The number of carbonyl (C=O) groups is 2. The van der Waals surface area contributed by atoms with Crippen molar-refractivity contribution in [3.05, 3.63) is 59.1 Å². The summed E-state index contributed by atoms with van der Waals surface area (Å²) in [7, 11) is 0. The summed E-state index contributed by atoms with van der Waals surface area (Å²) >= 11 is 5.81. The lowest BCUT2D eigenvalue weighted by molar-refractivity contribution is 0.0532. The van der Waals surface area contributed by atoms with Crippen LogP contribution in [0.1, 0.15) is 31.1 Å². The number of rotatable bonds is 6. The first-order valence-electron chi connectivity index (χ1n) is 8.50. The summed E-state index contributed by atoms with van der Waals surface area (Å²) in [6.45, 7) is 5.23. The normalized spacial score (nSPS) is 11.8. The Morgan fingerprint density at radius 1 is 1.29 bits per heavy atom. The highest BCUT2D eigenvalue weighted by Crippen LogP contribution is 2.14. The SMILES string of the molecule is CC(C)(C)OC(=O)NCC(=CF)Cn1cc(C(=O)Nc2ccc(Cl)cc2)cn1. The van der Waals surface area contributed by atoms with E-state index in [2.05, 4.69) is 15.7 Å². The molecule has 2 aromatic rings. The summed E-state index contributed by atoms with van der Waals surface area (Å²) in [5, 5.41) is 9.81. The lowest BCUT2D eigenvalue weighted by atomic mass is 10.2. The lowest BCUT2D eigenvalue weighted by Crippen LogP contribution is -2.34. The second-order valence-corrected chi connectivity index (χ2v) is 7.45. The Hall–Kier alpha value is -2.87. The third kappa shape index (κ3) is 7.03. The Bertz CT molecular complexity index is 857. The van der Waals surface area contributed by atoms with Crippen molar-refractivity contribution in [3.63, 3.8) is 0 Å². The zero-order valence-corrected chi connectivity index (χ0v) is 16.6. The van der Waals surface area contributed by atoms with Gasteiger partial charge in [-0.2, -0.15) is 5.10 Å². The summed E-state index contributed by atoms with van der Waals surface area (Å²) in [6.07, 6.45) is 2.62. The van der Waals surface area contributed by atoms with Gasteiger partial charge in [0.05, 0.1) is 24.6 Å². The zero-order chi connectivity index (χ0) is 20.7. The molecule has 0 aliphatic carbocycles. The number of nitrogens with zero attached hydrogens (tertiary/aromatic N) is 2. The third-order valence-electron chi connectivity index (χ3n) is 3.38. The molecular weight excluding hydrogens is 387 g/mol. The van der Waals surface area contributed by atoms with Crippen LogP contribution in [-0.2, 0) is 11.3 Å². The number of nitrogens with one attached hydrogen (secondary N) is 2.